The molecule has 188 valence electrons. The molecule has 0 fully saturated rings. The van der Waals surface area contributed by atoms with Gasteiger partial charge in [0, 0.05) is 57.7 Å². The highest BCUT2D eigenvalue weighted by atomic mass is 16.5. The number of amides is 3. The number of benzene rings is 1. The topological polar surface area (TPSA) is 114 Å². The molecule has 1 aliphatic heterocycles. The summed E-state index contributed by atoms with van der Waals surface area (Å²) in [6, 6.07) is 4.68. The molecule has 0 bridgehead atoms. The van der Waals surface area contributed by atoms with E-state index in [2.05, 4.69) is 15.3 Å². The molecule has 0 saturated carbocycles. The fraction of sp³-hybridized carbons (Fsp3) is 0.480. The predicted molar refractivity (Wildman–Crippen MR) is 130 cm³/mol. The maximum absolute atomic E-state index is 13.4. The van der Waals surface area contributed by atoms with Gasteiger partial charge in [-0.25, -0.2) is 4.98 Å². The van der Waals surface area contributed by atoms with Crippen molar-refractivity contribution in [1.82, 2.24) is 19.8 Å². The Bertz CT molecular complexity index is 1050. The van der Waals surface area contributed by atoms with E-state index >= 15 is 0 Å². The van der Waals surface area contributed by atoms with E-state index in [4.69, 9.17) is 9.47 Å². The van der Waals surface area contributed by atoms with E-state index < -0.39 is 5.91 Å². The molecule has 0 unspecified atom stereocenters. The predicted octanol–water partition coefficient (Wildman–Crippen LogP) is 2.47. The van der Waals surface area contributed by atoms with Crippen molar-refractivity contribution < 1.29 is 23.9 Å². The lowest BCUT2D eigenvalue weighted by Crippen LogP contribution is -2.48. The second-order valence-electron chi connectivity index (χ2n) is 8.75. The summed E-state index contributed by atoms with van der Waals surface area (Å²) in [6.45, 7) is 6.81. The van der Waals surface area contributed by atoms with Crippen LogP contribution in [-0.2, 0) is 9.53 Å². The van der Waals surface area contributed by atoms with E-state index in [-0.39, 0.29) is 42.2 Å². The smallest absolute Gasteiger partial charge is 0.275 e. The molecule has 1 aromatic heterocycles. The lowest BCUT2D eigenvalue weighted by molar-refractivity contribution is -0.135. The quantitative estimate of drug-likeness (QED) is 0.711. The highest BCUT2D eigenvalue weighted by Crippen LogP contribution is 2.27. The number of anilines is 1. The Balaban J connectivity index is 1.94. The zero-order valence-electron chi connectivity index (χ0n) is 20.9. The Kier molecular flexibility index (Phi) is 8.75. The van der Waals surface area contributed by atoms with Gasteiger partial charge < -0.3 is 24.6 Å². The Morgan fingerprint density at radius 2 is 2.00 bits per heavy atom. The SMILES string of the molecule is CCC(=O)N1C[C@H](C)[C@H](OC)CN(C)C(=O)c2cc(NC(=O)c3cnccn3)ccc2OC[C@@H]1C. The molecule has 10 heteroatoms. The van der Waals surface area contributed by atoms with Gasteiger partial charge in [-0.15, -0.1) is 0 Å². The minimum atomic E-state index is -0.441. The van der Waals surface area contributed by atoms with Crippen LogP contribution in [0.3, 0.4) is 0 Å². The summed E-state index contributed by atoms with van der Waals surface area (Å²) in [5.74, 6) is -0.308. The largest absolute Gasteiger partial charge is 0.491 e. The molecule has 2 heterocycles. The van der Waals surface area contributed by atoms with Gasteiger partial charge in [0.1, 0.15) is 18.1 Å². The average molecular weight is 484 g/mol. The molecule has 10 nitrogen and oxygen atoms in total. The number of rotatable bonds is 4. The number of methoxy groups -OCH3 is 1. The summed E-state index contributed by atoms with van der Waals surface area (Å²) in [5, 5.41) is 2.75. The number of nitrogens with zero attached hydrogens (tertiary/aromatic N) is 4. The summed E-state index contributed by atoms with van der Waals surface area (Å²) in [4.78, 5) is 49.9. The second kappa shape index (κ2) is 11.7. The van der Waals surface area contributed by atoms with Crippen molar-refractivity contribution in [3.63, 3.8) is 0 Å². The van der Waals surface area contributed by atoms with Crippen LogP contribution in [-0.4, -0.2) is 83.5 Å². The van der Waals surface area contributed by atoms with E-state index in [0.717, 1.165) is 0 Å². The summed E-state index contributed by atoms with van der Waals surface area (Å²) >= 11 is 0. The molecule has 3 amide bonds. The number of carbonyl (C=O) groups excluding carboxylic acids is 3. The number of carbonyl (C=O) groups is 3. The van der Waals surface area contributed by atoms with Gasteiger partial charge in [-0.05, 0) is 25.1 Å². The number of ether oxygens (including phenoxy) is 2. The molecule has 1 N–H and O–H groups in total. The summed E-state index contributed by atoms with van der Waals surface area (Å²) in [6.07, 6.45) is 4.39. The van der Waals surface area contributed by atoms with Crippen molar-refractivity contribution in [3.8, 4) is 5.75 Å². The highest BCUT2D eigenvalue weighted by Gasteiger charge is 2.30. The van der Waals surface area contributed by atoms with Crippen molar-refractivity contribution in [2.45, 2.75) is 39.3 Å². The summed E-state index contributed by atoms with van der Waals surface area (Å²) < 4.78 is 11.7. The van der Waals surface area contributed by atoms with Crippen molar-refractivity contribution in [2.75, 3.05) is 39.2 Å². The van der Waals surface area contributed by atoms with Crippen LogP contribution in [0.5, 0.6) is 5.75 Å². The number of hydrogen-bond donors (Lipinski definition) is 1. The third-order valence-electron chi connectivity index (χ3n) is 6.12. The first-order valence-electron chi connectivity index (χ1n) is 11.7. The highest BCUT2D eigenvalue weighted by molar-refractivity contribution is 6.04. The molecule has 0 spiro atoms. The number of likely N-dealkylation sites (N-methyl/N-ethyl adjacent to an activating group) is 1. The maximum Gasteiger partial charge on any atom is 0.275 e. The number of fused-ring (bicyclic) bond motifs is 1. The van der Waals surface area contributed by atoms with Crippen molar-refractivity contribution in [2.24, 2.45) is 5.92 Å². The van der Waals surface area contributed by atoms with Crippen LogP contribution < -0.4 is 10.1 Å². The monoisotopic (exact) mass is 483 g/mol. The molecule has 3 rings (SSSR count). The third kappa shape index (κ3) is 6.33. The lowest BCUT2D eigenvalue weighted by atomic mass is 10.0. The standard InChI is InChI=1S/C25H33N5O5/c1-6-23(31)30-13-16(2)22(34-5)14-29(4)25(33)19-11-18(7-8-21(19)35-15-17(30)3)28-24(32)20-12-26-9-10-27-20/h7-12,16-17,22H,6,13-15H2,1-5H3,(H,28,32)/t16-,17-,22+/m0/s1. The van der Waals surface area contributed by atoms with Gasteiger partial charge >= 0.3 is 0 Å². The molecule has 1 aromatic carbocycles. The molecule has 0 radical (unpaired) electrons. The maximum atomic E-state index is 13.4. The fourth-order valence-electron chi connectivity index (χ4n) is 4.02. The van der Waals surface area contributed by atoms with Gasteiger partial charge in [-0.2, -0.15) is 0 Å². The molecule has 0 saturated heterocycles. The van der Waals surface area contributed by atoms with Gasteiger partial charge in [-0.1, -0.05) is 13.8 Å². The van der Waals surface area contributed by atoms with Gasteiger partial charge in [-0.3, -0.25) is 19.4 Å². The Morgan fingerprint density at radius 3 is 2.66 bits per heavy atom. The zero-order chi connectivity index (χ0) is 25.5. The minimum absolute atomic E-state index is 0.00954. The van der Waals surface area contributed by atoms with E-state index in [1.54, 1.807) is 37.3 Å². The normalized spacial score (nSPS) is 21.3. The first-order valence-corrected chi connectivity index (χ1v) is 11.7. The average Bonchev–Trinajstić information content (AvgIpc) is 2.88. The summed E-state index contributed by atoms with van der Waals surface area (Å²) in [5.41, 5.74) is 0.879. The van der Waals surface area contributed by atoms with E-state index in [1.165, 1.54) is 18.6 Å². The van der Waals surface area contributed by atoms with Crippen LogP contribution in [0.2, 0.25) is 0 Å². The van der Waals surface area contributed by atoms with E-state index in [0.29, 0.717) is 36.5 Å². The van der Waals surface area contributed by atoms with Crippen molar-refractivity contribution >= 4 is 23.4 Å². The molecule has 1 aliphatic rings. The van der Waals surface area contributed by atoms with E-state index in [1.807, 2.05) is 25.7 Å². The van der Waals surface area contributed by atoms with Gasteiger partial charge in [0.2, 0.25) is 5.91 Å². The first-order chi connectivity index (χ1) is 16.7. The molecule has 35 heavy (non-hydrogen) atoms. The van der Waals surface area contributed by atoms with Crippen LogP contribution in [0.1, 0.15) is 48.0 Å². The van der Waals surface area contributed by atoms with Crippen LogP contribution >= 0.6 is 0 Å². The zero-order valence-corrected chi connectivity index (χ0v) is 20.9. The Labute approximate surface area is 205 Å². The Morgan fingerprint density at radius 1 is 1.23 bits per heavy atom. The molecule has 2 aromatic rings. The van der Waals surface area contributed by atoms with Crippen LogP contribution in [0.4, 0.5) is 5.69 Å². The van der Waals surface area contributed by atoms with Gasteiger partial charge in [0.25, 0.3) is 11.8 Å². The van der Waals surface area contributed by atoms with E-state index in [9.17, 15) is 14.4 Å². The second-order valence-corrected chi connectivity index (χ2v) is 8.75. The number of hydrogen-bond acceptors (Lipinski definition) is 7. The van der Waals surface area contributed by atoms with Gasteiger partial charge in [0.05, 0.1) is 23.9 Å². The van der Waals surface area contributed by atoms with Crippen LogP contribution in [0.25, 0.3) is 0 Å². The Hall–Kier alpha value is -3.53. The van der Waals surface area contributed by atoms with Gasteiger partial charge in [0.15, 0.2) is 0 Å². The minimum Gasteiger partial charge on any atom is -0.491 e. The molecular weight excluding hydrogens is 450 g/mol. The van der Waals surface area contributed by atoms with Crippen molar-refractivity contribution in [1.29, 1.82) is 0 Å². The number of nitrogens with one attached hydrogen (secondary N) is 1. The molecule has 0 aliphatic carbocycles. The lowest BCUT2D eigenvalue weighted by Gasteiger charge is -2.36. The molecule has 3 atom stereocenters. The van der Waals surface area contributed by atoms with Crippen molar-refractivity contribution in [3.05, 3.63) is 48.0 Å². The number of aromatic nitrogens is 2. The summed E-state index contributed by atoms with van der Waals surface area (Å²) in [7, 11) is 3.30. The molecular formula is C25H33N5O5. The third-order valence-corrected chi connectivity index (χ3v) is 6.12. The first kappa shape index (κ1) is 26.1. The van der Waals surface area contributed by atoms with Crippen LogP contribution in [0.15, 0.2) is 36.8 Å². The van der Waals surface area contributed by atoms with Crippen LogP contribution in [0, 0.1) is 5.92 Å². The fourth-order valence-corrected chi connectivity index (χ4v) is 4.02.